The maximum atomic E-state index is 5.42. The number of nitrogens with one attached hydrogen (secondary N) is 1. The molecule has 1 atom stereocenters. The van der Waals surface area contributed by atoms with Gasteiger partial charge in [0.05, 0.1) is 0 Å². The van der Waals surface area contributed by atoms with Crippen LogP contribution in [0.15, 0.2) is 0 Å². The van der Waals surface area contributed by atoms with E-state index in [0.717, 1.165) is 50.8 Å². The number of aryl methyl sites for hydroxylation is 1. The fraction of sp³-hybridized carbons (Fsp3) is 0.846. The highest BCUT2D eigenvalue weighted by molar-refractivity contribution is 5.06. The minimum Gasteiger partial charge on any atom is -0.381 e. The van der Waals surface area contributed by atoms with Gasteiger partial charge in [0, 0.05) is 38.6 Å². The Hall–Kier alpha value is -0.940. The van der Waals surface area contributed by atoms with Gasteiger partial charge in [0.25, 0.3) is 0 Å². The summed E-state index contributed by atoms with van der Waals surface area (Å²) in [5.74, 6) is 3.21. The predicted molar refractivity (Wildman–Crippen MR) is 68.6 cm³/mol. The lowest BCUT2D eigenvalue weighted by atomic mass is 9.98. The average molecular weight is 250 g/mol. The van der Waals surface area contributed by atoms with Crippen LogP contribution in [0.25, 0.3) is 0 Å². The summed E-state index contributed by atoms with van der Waals surface area (Å²) in [4.78, 5) is 4.81. The Morgan fingerprint density at radius 2 is 2.06 bits per heavy atom. The van der Waals surface area contributed by atoms with E-state index in [1.807, 2.05) is 11.7 Å². The lowest BCUT2D eigenvalue weighted by Gasteiger charge is -2.21. The molecular formula is C13H22N4O. The zero-order valence-electron chi connectivity index (χ0n) is 11.1. The van der Waals surface area contributed by atoms with Crippen molar-refractivity contribution in [2.24, 2.45) is 7.05 Å². The highest BCUT2D eigenvalue weighted by Gasteiger charge is 2.25. The van der Waals surface area contributed by atoms with Gasteiger partial charge in [-0.3, -0.25) is 4.68 Å². The third-order valence-electron chi connectivity index (χ3n) is 4.06. The topological polar surface area (TPSA) is 52.0 Å². The molecular weight excluding hydrogens is 228 g/mol. The molecule has 3 heterocycles. The smallest absolute Gasteiger partial charge is 0.155 e. The normalized spacial score (nSPS) is 26.4. The molecule has 0 radical (unpaired) electrons. The monoisotopic (exact) mass is 250 g/mol. The Balaban J connectivity index is 1.76. The molecule has 1 unspecified atom stereocenters. The highest BCUT2D eigenvalue weighted by atomic mass is 16.5. The number of hydrogen-bond acceptors (Lipinski definition) is 4. The van der Waals surface area contributed by atoms with Crippen LogP contribution >= 0.6 is 0 Å². The predicted octanol–water partition coefficient (Wildman–Crippen LogP) is 1.18. The van der Waals surface area contributed by atoms with Crippen LogP contribution in [0.4, 0.5) is 0 Å². The summed E-state index contributed by atoms with van der Waals surface area (Å²) >= 11 is 0. The van der Waals surface area contributed by atoms with Crippen LogP contribution in [-0.4, -0.2) is 41.1 Å². The standard InChI is InChI=1S/C13H22N4O/c1-17-13(10-4-7-18-8-5-10)15-12(16-17)11-3-2-6-14-9-11/h10-11,14H,2-9H2,1H3. The first-order valence-corrected chi connectivity index (χ1v) is 7.04. The fourth-order valence-corrected chi connectivity index (χ4v) is 2.97. The van der Waals surface area contributed by atoms with E-state index < -0.39 is 0 Å². The molecule has 1 N–H and O–H groups in total. The van der Waals surface area contributed by atoms with Crippen molar-refractivity contribution in [3.63, 3.8) is 0 Å². The zero-order chi connectivity index (χ0) is 12.4. The van der Waals surface area contributed by atoms with Crippen molar-refractivity contribution in [1.29, 1.82) is 0 Å². The van der Waals surface area contributed by atoms with E-state index in [1.54, 1.807) is 0 Å². The number of ether oxygens (including phenoxy) is 1. The molecule has 18 heavy (non-hydrogen) atoms. The Morgan fingerprint density at radius 1 is 1.22 bits per heavy atom. The van der Waals surface area contributed by atoms with Gasteiger partial charge in [-0.1, -0.05) is 0 Å². The second kappa shape index (κ2) is 5.36. The van der Waals surface area contributed by atoms with E-state index in [4.69, 9.17) is 9.72 Å². The molecule has 1 aromatic rings. The first-order valence-electron chi connectivity index (χ1n) is 7.04. The number of piperidine rings is 1. The molecule has 2 aliphatic rings. The molecule has 0 aliphatic carbocycles. The SMILES string of the molecule is Cn1nc(C2CCCNC2)nc1C1CCOCC1. The van der Waals surface area contributed by atoms with Crippen molar-refractivity contribution in [1.82, 2.24) is 20.1 Å². The first-order chi connectivity index (χ1) is 8.84. The van der Waals surface area contributed by atoms with Gasteiger partial charge in [-0.25, -0.2) is 4.98 Å². The number of hydrogen-bond donors (Lipinski definition) is 1. The Labute approximate surface area is 108 Å². The quantitative estimate of drug-likeness (QED) is 0.856. The average Bonchev–Trinajstić information content (AvgIpc) is 2.83. The molecule has 1 aromatic heterocycles. The van der Waals surface area contributed by atoms with Crippen molar-refractivity contribution in [2.75, 3.05) is 26.3 Å². The lowest BCUT2D eigenvalue weighted by Crippen LogP contribution is -2.29. The summed E-state index contributed by atoms with van der Waals surface area (Å²) in [6.07, 6.45) is 4.60. The molecule has 0 bridgehead atoms. The Morgan fingerprint density at radius 3 is 2.78 bits per heavy atom. The molecule has 2 saturated heterocycles. The number of aromatic nitrogens is 3. The van der Waals surface area contributed by atoms with Gasteiger partial charge >= 0.3 is 0 Å². The fourth-order valence-electron chi connectivity index (χ4n) is 2.97. The van der Waals surface area contributed by atoms with E-state index >= 15 is 0 Å². The summed E-state index contributed by atoms with van der Waals surface area (Å²) in [5, 5.41) is 8.07. The number of rotatable bonds is 2. The molecule has 3 rings (SSSR count). The maximum Gasteiger partial charge on any atom is 0.155 e. The summed E-state index contributed by atoms with van der Waals surface area (Å²) in [6, 6.07) is 0. The van der Waals surface area contributed by atoms with Crippen LogP contribution in [0.3, 0.4) is 0 Å². The molecule has 5 heteroatoms. The van der Waals surface area contributed by atoms with Crippen LogP contribution in [0, 0.1) is 0 Å². The second-order valence-electron chi connectivity index (χ2n) is 5.38. The zero-order valence-corrected chi connectivity index (χ0v) is 11.1. The van der Waals surface area contributed by atoms with Crippen LogP contribution in [0.5, 0.6) is 0 Å². The second-order valence-corrected chi connectivity index (χ2v) is 5.38. The molecule has 100 valence electrons. The van der Waals surface area contributed by atoms with Crippen molar-refractivity contribution in [3.05, 3.63) is 11.6 Å². The molecule has 0 amide bonds. The molecule has 0 aromatic carbocycles. The molecule has 2 fully saturated rings. The minimum absolute atomic E-state index is 0.499. The van der Waals surface area contributed by atoms with Gasteiger partial charge in [0.15, 0.2) is 5.82 Å². The summed E-state index contributed by atoms with van der Waals surface area (Å²) < 4.78 is 7.40. The maximum absolute atomic E-state index is 5.42. The van der Waals surface area contributed by atoms with E-state index in [0.29, 0.717) is 11.8 Å². The Kier molecular flexibility index (Phi) is 3.61. The van der Waals surface area contributed by atoms with Gasteiger partial charge in [-0.2, -0.15) is 5.10 Å². The van der Waals surface area contributed by atoms with Gasteiger partial charge in [0.2, 0.25) is 0 Å². The van der Waals surface area contributed by atoms with Gasteiger partial charge in [0.1, 0.15) is 5.82 Å². The highest BCUT2D eigenvalue weighted by Crippen LogP contribution is 2.27. The van der Waals surface area contributed by atoms with Crippen LogP contribution in [0.2, 0.25) is 0 Å². The molecule has 0 spiro atoms. The van der Waals surface area contributed by atoms with Gasteiger partial charge in [-0.15, -0.1) is 0 Å². The largest absolute Gasteiger partial charge is 0.381 e. The third kappa shape index (κ3) is 2.42. The van der Waals surface area contributed by atoms with Crippen molar-refractivity contribution < 1.29 is 4.74 Å². The van der Waals surface area contributed by atoms with Crippen molar-refractivity contribution >= 4 is 0 Å². The first kappa shape index (κ1) is 12.1. The van der Waals surface area contributed by atoms with Crippen molar-refractivity contribution in [2.45, 2.75) is 37.5 Å². The molecule has 5 nitrogen and oxygen atoms in total. The molecule has 2 aliphatic heterocycles. The van der Waals surface area contributed by atoms with Gasteiger partial charge < -0.3 is 10.1 Å². The third-order valence-corrected chi connectivity index (χ3v) is 4.06. The van der Waals surface area contributed by atoms with E-state index in [9.17, 15) is 0 Å². The lowest BCUT2D eigenvalue weighted by molar-refractivity contribution is 0.0828. The minimum atomic E-state index is 0.499. The van der Waals surface area contributed by atoms with E-state index in [-0.39, 0.29) is 0 Å². The van der Waals surface area contributed by atoms with Gasteiger partial charge in [-0.05, 0) is 32.2 Å². The van der Waals surface area contributed by atoms with E-state index in [2.05, 4.69) is 10.4 Å². The Bertz CT molecular complexity index is 392. The van der Waals surface area contributed by atoms with Crippen molar-refractivity contribution in [3.8, 4) is 0 Å². The van der Waals surface area contributed by atoms with Crippen LogP contribution < -0.4 is 5.32 Å². The summed E-state index contributed by atoms with van der Waals surface area (Å²) in [6.45, 7) is 3.88. The summed E-state index contributed by atoms with van der Waals surface area (Å²) in [7, 11) is 2.03. The molecule has 0 saturated carbocycles. The summed E-state index contributed by atoms with van der Waals surface area (Å²) in [5.41, 5.74) is 0. The van der Waals surface area contributed by atoms with Crippen LogP contribution in [0.1, 0.15) is 49.2 Å². The number of nitrogens with zero attached hydrogens (tertiary/aromatic N) is 3. The van der Waals surface area contributed by atoms with Crippen LogP contribution in [-0.2, 0) is 11.8 Å². The van der Waals surface area contributed by atoms with E-state index in [1.165, 1.54) is 12.8 Å².